The van der Waals surface area contributed by atoms with Gasteiger partial charge in [0, 0.05) is 34.6 Å². The molecule has 0 saturated carbocycles. The van der Waals surface area contributed by atoms with Crippen LogP contribution in [-0.4, -0.2) is 28.7 Å². The molecule has 11 heteroatoms. The Balaban J connectivity index is 1.36. The van der Waals surface area contributed by atoms with E-state index in [2.05, 4.69) is 10.2 Å². The van der Waals surface area contributed by atoms with Crippen LogP contribution in [0.3, 0.4) is 0 Å². The van der Waals surface area contributed by atoms with E-state index in [9.17, 15) is 10.1 Å². The third-order valence-corrected chi connectivity index (χ3v) is 5.23. The molecular weight excluding hydrogens is 402 g/mol. The lowest BCUT2D eigenvalue weighted by Crippen LogP contribution is -2.13. The van der Waals surface area contributed by atoms with Crippen molar-refractivity contribution in [1.82, 2.24) is 10.2 Å². The summed E-state index contributed by atoms with van der Waals surface area (Å²) in [5.74, 6) is 2.61. The Bertz CT molecular complexity index is 1100. The summed E-state index contributed by atoms with van der Waals surface area (Å²) in [6, 6.07) is 8.32. The molecule has 5 rings (SSSR count). The zero-order chi connectivity index (χ0) is 19.8. The summed E-state index contributed by atoms with van der Waals surface area (Å²) in [5.41, 5.74) is 2.01. The minimum absolute atomic E-state index is 0.0139. The van der Waals surface area contributed by atoms with E-state index < -0.39 is 4.92 Å². The molecule has 0 bridgehead atoms. The number of non-ortho nitro benzene ring substituents is 1. The number of benzene rings is 2. The van der Waals surface area contributed by atoms with E-state index in [1.807, 2.05) is 0 Å². The lowest BCUT2D eigenvalue weighted by molar-refractivity contribution is -0.385. The highest BCUT2D eigenvalue weighted by molar-refractivity contribution is 7.98. The van der Waals surface area contributed by atoms with Gasteiger partial charge in [0.25, 0.3) is 10.9 Å². The van der Waals surface area contributed by atoms with Crippen molar-refractivity contribution in [2.45, 2.75) is 17.6 Å². The summed E-state index contributed by atoms with van der Waals surface area (Å²) >= 11 is 1.27. The molecule has 2 aromatic carbocycles. The quantitative estimate of drug-likeness (QED) is 0.348. The third-order valence-electron chi connectivity index (χ3n) is 4.36. The highest BCUT2D eigenvalue weighted by Crippen LogP contribution is 2.38. The van der Waals surface area contributed by atoms with E-state index in [1.165, 1.54) is 23.9 Å². The number of hydrogen-bond acceptors (Lipinski definition) is 10. The summed E-state index contributed by atoms with van der Waals surface area (Å²) in [6.45, 7) is 0.561. The van der Waals surface area contributed by atoms with E-state index >= 15 is 0 Å². The maximum Gasteiger partial charge on any atom is 0.277 e. The first kappa shape index (κ1) is 17.8. The van der Waals surface area contributed by atoms with Crippen LogP contribution in [0.4, 0.5) is 5.69 Å². The highest BCUT2D eigenvalue weighted by Gasteiger charge is 2.22. The van der Waals surface area contributed by atoms with Crippen molar-refractivity contribution in [1.29, 1.82) is 0 Å². The fraction of sp³-hybridized carbons (Fsp3) is 0.222. The first-order chi connectivity index (χ1) is 14.2. The average molecular weight is 415 g/mol. The number of nitrogens with zero attached hydrogens (tertiary/aromatic N) is 3. The van der Waals surface area contributed by atoms with Gasteiger partial charge < -0.3 is 23.4 Å². The normalized spacial score (nSPS) is 14.3. The Labute approximate surface area is 167 Å². The Morgan fingerprint density at radius 2 is 1.97 bits per heavy atom. The topological polar surface area (TPSA) is 119 Å². The van der Waals surface area contributed by atoms with E-state index in [-0.39, 0.29) is 25.9 Å². The van der Waals surface area contributed by atoms with Crippen molar-refractivity contribution in [3.8, 4) is 28.7 Å². The van der Waals surface area contributed by atoms with Gasteiger partial charge in [-0.2, -0.15) is 0 Å². The number of aromatic nitrogens is 2. The average Bonchev–Trinajstić information content (AvgIpc) is 3.40. The van der Waals surface area contributed by atoms with Crippen molar-refractivity contribution in [2.24, 2.45) is 0 Å². The zero-order valence-electron chi connectivity index (χ0n) is 14.8. The number of nitro benzene ring substituents is 1. The molecule has 0 aliphatic carbocycles. The van der Waals surface area contributed by atoms with E-state index in [0.717, 1.165) is 0 Å². The first-order valence-electron chi connectivity index (χ1n) is 8.54. The Hall–Kier alpha value is -3.31. The molecule has 2 aliphatic rings. The maximum absolute atomic E-state index is 11.2. The van der Waals surface area contributed by atoms with Gasteiger partial charge in [0.15, 0.2) is 18.3 Å². The van der Waals surface area contributed by atoms with E-state index in [4.69, 9.17) is 23.4 Å². The molecule has 0 amide bonds. The van der Waals surface area contributed by atoms with Crippen LogP contribution in [0.1, 0.15) is 11.1 Å². The molecule has 2 aliphatic heterocycles. The molecule has 29 heavy (non-hydrogen) atoms. The van der Waals surface area contributed by atoms with Gasteiger partial charge in [0.2, 0.25) is 12.7 Å². The van der Waals surface area contributed by atoms with Crippen LogP contribution in [0.15, 0.2) is 40.0 Å². The number of fused-ring (bicyclic) bond motifs is 2. The number of hydrogen-bond donors (Lipinski definition) is 0. The lowest BCUT2D eigenvalue weighted by atomic mass is 10.1. The molecule has 3 aromatic rings. The van der Waals surface area contributed by atoms with E-state index in [0.29, 0.717) is 50.8 Å². The smallest absolute Gasteiger partial charge is 0.277 e. The van der Waals surface area contributed by atoms with Gasteiger partial charge in [0.05, 0.1) is 11.5 Å². The number of rotatable bonds is 5. The molecule has 0 unspecified atom stereocenters. The van der Waals surface area contributed by atoms with Gasteiger partial charge in [0.1, 0.15) is 5.75 Å². The fourth-order valence-electron chi connectivity index (χ4n) is 3.05. The van der Waals surface area contributed by atoms with Crippen molar-refractivity contribution in [3.05, 3.63) is 51.6 Å². The van der Waals surface area contributed by atoms with Crippen LogP contribution in [0.2, 0.25) is 0 Å². The van der Waals surface area contributed by atoms with Crippen LogP contribution >= 0.6 is 11.8 Å². The van der Waals surface area contributed by atoms with Crippen LogP contribution in [0.25, 0.3) is 11.5 Å². The van der Waals surface area contributed by atoms with Crippen molar-refractivity contribution in [3.63, 3.8) is 0 Å². The molecule has 1 aromatic heterocycles. The second-order valence-electron chi connectivity index (χ2n) is 6.19. The summed E-state index contributed by atoms with van der Waals surface area (Å²) in [5, 5.41) is 19.7. The summed E-state index contributed by atoms with van der Waals surface area (Å²) < 4.78 is 27.1. The summed E-state index contributed by atoms with van der Waals surface area (Å²) in [6.07, 6.45) is 0. The highest BCUT2D eigenvalue weighted by atomic mass is 32.2. The van der Waals surface area contributed by atoms with Gasteiger partial charge in [-0.15, -0.1) is 10.2 Å². The minimum Gasteiger partial charge on any atom is -0.467 e. The number of nitro groups is 1. The molecule has 0 fully saturated rings. The largest absolute Gasteiger partial charge is 0.467 e. The van der Waals surface area contributed by atoms with Crippen molar-refractivity contribution in [2.75, 3.05) is 13.6 Å². The fourth-order valence-corrected chi connectivity index (χ4v) is 3.78. The van der Waals surface area contributed by atoms with E-state index in [1.54, 1.807) is 18.2 Å². The lowest BCUT2D eigenvalue weighted by Gasteiger charge is -2.20. The molecule has 0 atom stereocenters. The van der Waals surface area contributed by atoms with Crippen LogP contribution in [0.5, 0.6) is 17.2 Å². The zero-order valence-corrected chi connectivity index (χ0v) is 15.6. The molecule has 148 valence electrons. The summed E-state index contributed by atoms with van der Waals surface area (Å²) in [7, 11) is 0. The molecule has 0 radical (unpaired) electrons. The predicted octanol–water partition coefficient (Wildman–Crippen LogP) is 3.53. The van der Waals surface area contributed by atoms with Gasteiger partial charge in [-0.1, -0.05) is 11.8 Å². The van der Waals surface area contributed by atoms with Crippen molar-refractivity contribution < 1.29 is 28.3 Å². The van der Waals surface area contributed by atoms with Gasteiger partial charge in [-0.25, -0.2) is 0 Å². The minimum atomic E-state index is -0.437. The molecule has 0 saturated heterocycles. The summed E-state index contributed by atoms with van der Waals surface area (Å²) in [4.78, 5) is 10.8. The number of ether oxygens (including phenoxy) is 4. The molecule has 0 spiro atoms. The Morgan fingerprint density at radius 3 is 2.86 bits per heavy atom. The molecule has 0 N–H and O–H groups in total. The maximum atomic E-state index is 11.2. The molecular formula is C18H13N3O7S. The van der Waals surface area contributed by atoms with Crippen LogP contribution in [-0.2, 0) is 17.1 Å². The second kappa shape index (κ2) is 7.26. The Morgan fingerprint density at radius 1 is 1.07 bits per heavy atom. The standard InChI is InChI=1S/C18H13N3O7S/c22-21(23)13-3-11-6-24-8-27-16(11)12(4-13)7-29-18-20-19-17(28-18)10-1-2-14-15(5-10)26-9-25-14/h1-5H,6-9H2. The SMILES string of the molecule is O=[N+]([O-])c1cc2c(c(CSc3nnc(-c4ccc5c(c4)OCO5)o3)c1)OCOC2. The second-order valence-corrected chi connectivity index (χ2v) is 7.12. The third kappa shape index (κ3) is 3.45. The number of thioether (sulfide) groups is 1. The van der Waals surface area contributed by atoms with Gasteiger partial charge >= 0.3 is 0 Å². The molecule has 10 nitrogen and oxygen atoms in total. The predicted molar refractivity (Wildman–Crippen MR) is 98.8 cm³/mol. The first-order valence-corrected chi connectivity index (χ1v) is 9.53. The van der Waals surface area contributed by atoms with Crippen molar-refractivity contribution >= 4 is 17.4 Å². The Kier molecular flexibility index (Phi) is 4.45. The van der Waals surface area contributed by atoms with Gasteiger partial charge in [-0.3, -0.25) is 10.1 Å². The molecule has 3 heterocycles. The van der Waals surface area contributed by atoms with Gasteiger partial charge in [-0.05, 0) is 18.2 Å². The van der Waals surface area contributed by atoms with Crippen LogP contribution in [0, 0.1) is 10.1 Å². The monoisotopic (exact) mass is 415 g/mol. The van der Waals surface area contributed by atoms with Crippen LogP contribution < -0.4 is 14.2 Å².